The molecule has 9 aromatic rings. The van der Waals surface area contributed by atoms with Crippen molar-refractivity contribution in [2.24, 2.45) is 0 Å². The van der Waals surface area contributed by atoms with E-state index < -0.39 is 0 Å². The molecule has 0 radical (unpaired) electrons. The molecule has 15 nitrogen and oxygen atoms in total. The van der Waals surface area contributed by atoms with Crippen LogP contribution in [0.15, 0.2) is 127 Å². The van der Waals surface area contributed by atoms with Gasteiger partial charge in [-0.05, 0) is 115 Å². The average molecular weight is 1210 g/mol. The van der Waals surface area contributed by atoms with Crippen molar-refractivity contribution in [3.8, 4) is 17.2 Å². The first kappa shape index (κ1) is 57.9. The summed E-state index contributed by atoms with van der Waals surface area (Å²) < 4.78 is 18.8. The number of nitrogens with zero attached hydrogens (tertiary/aromatic N) is 9. The number of carbonyl (C=O) groups is 2. The Morgan fingerprint density at radius 2 is 0.840 bits per heavy atom. The smallest absolute Gasteiger partial charge is 0.344 e. The largest absolute Gasteiger partial charge is 0.508 e. The van der Waals surface area contributed by atoms with Gasteiger partial charge in [0.15, 0.2) is 22.0 Å². The molecule has 0 atom stereocenters. The third-order valence-electron chi connectivity index (χ3n) is 13.9. The van der Waals surface area contributed by atoms with Gasteiger partial charge in [0.2, 0.25) is 0 Å². The Labute approximate surface area is 498 Å². The Balaban J connectivity index is 0.000000137. The Morgan fingerprint density at radius 3 is 1.19 bits per heavy atom. The highest BCUT2D eigenvalue weighted by molar-refractivity contribution is 7.23. The fourth-order valence-electron chi connectivity index (χ4n) is 9.60. The van der Waals surface area contributed by atoms with Crippen molar-refractivity contribution in [3.05, 3.63) is 159 Å². The van der Waals surface area contributed by atoms with E-state index in [0.717, 1.165) is 159 Å². The number of hydrogen-bond donors (Lipinski definition) is 1. The predicted octanol–water partition coefficient (Wildman–Crippen LogP) is 12.4. The van der Waals surface area contributed by atoms with Crippen molar-refractivity contribution in [1.29, 1.82) is 0 Å². The van der Waals surface area contributed by atoms with Crippen LogP contribution >= 0.6 is 68.8 Å². The van der Waals surface area contributed by atoms with Gasteiger partial charge in [-0.3, -0.25) is 19.5 Å². The first-order chi connectivity index (χ1) is 39.3. The number of anilines is 3. The normalized spacial score (nSPS) is 15.3. The number of hydrogen-bond acceptors (Lipinski definition) is 18. The van der Waals surface area contributed by atoms with Crippen LogP contribution in [0.1, 0.15) is 30.5 Å². The molecule has 12 rings (SSSR count). The lowest BCUT2D eigenvalue weighted by Crippen LogP contribution is -2.45. The van der Waals surface area contributed by atoms with E-state index in [0.29, 0.717) is 23.9 Å². The second-order valence-electron chi connectivity index (χ2n) is 19.8. The number of aromatic nitrogens is 3. The molecule has 0 spiro atoms. The monoisotopic (exact) mass is 1210 g/mol. The van der Waals surface area contributed by atoms with Crippen LogP contribution in [0.5, 0.6) is 17.2 Å². The molecule has 3 aliphatic rings. The van der Waals surface area contributed by atoms with E-state index in [2.05, 4.69) is 29.4 Å². The Hall–Kier alpha value is -6.32. The van der Waals surface area contributed by atoms with E-state index in [1.807, 2.05) is 115 Å². The second kappa shape index (κ2) is 27.6. The third-order valence-corrected chi connectivity index (χ3v) is 17.8. The third kappa shape index (κ3) is 16.2. The van der Waals surface area contributed by atoms with Gasteiger partial charge in [-0.25, -0.2) is 19.7 Å². The molecule has 0 bridgehead atoms. The van der Waals surface area contributed by atoms with Crippen LogP contribution in [0.25, 0.3) is 30.6 Å². The summed E-state index contributed by atoms with van der Waals surface area (Å²) >= 11 is 23.3. The van der Waals surface area contributed by atoms with Crippen LogP contribution in [0.4, 0.5) is 15.4 Å². The van der Waals surface area contributed by atoms with Crippen molar-refractivity contribution in [1.82, 2.24) is 29.7 Å². The van der Waals surface area contributed by atoms with Gasteiger partial charge >= 0.3 is 11.9 Å². The predicted molar refractivity (Wildman–Crippen MR) is 331 cm³/mol. The second-order valence-corrected chi connectivity index (χ2v) is 24.1. The van der Waals surface area contributed by atoms with E-state index >= 15 is 0 Å². The maximum absolute atomic E-state index is 11.4. The van der Waals surface area contributed by atoms with Gasteiger partial charge in [-0.15, -0.1) is 0 Å². The molecular weight excluding hydrogens is 1150 g/mol. The van der Waals surface area contributed by atoms with Crippen LogP contribution in [-0.2, 0) is 34.0 Å². The van der Waals surface area contributed by atoms with Gasteiger partial charge in [0.25, 0.3) is 0 Å². The zero-order chi connectivity index (χ0) is 56.2. The molecule has 3 aromatic heterocycles. The van der Waals surface area contributed by atoms with Gasteiger partial charge in [0.05, 0.1) is 37.3 Å². The van der Waals surface area contributed by atoms with E-state index in [4.69, 9.17) is 64.0 Å². The number of phenols is 1. The molecule has 81 heavy (non-hydrogen) atoms. The summed E-state index contributed by atoms with van der Waals surface area (Å²) in [6.07, 6.45) is 0. The number of carbonyl (C=O) groups excluding carboxylic acids is 2. The first-order valence-corrected chi connectivity index (χ1v) is 30.5. The Bertz CT molecular complexity index is 3530. The van der Waals surface area contributed by atoms with Gasteiger partial charge in [-0.1, -0.05) is 105 Å². The summed E-state index contributed by atoms with van der Waals surface area (Å²) in [5.41, 5.74) is 6.71. The van der Waals surface area contributed by atoms with Crippen LogP contribution < -0.4 is 24.2 Å². The lowest BCUT2D eigenvalue weighted by molar-refractivity contribution is -0.145. The molecule has 3 fully saturated rings. The standard InChI is InChI=1S/C22H24ClN3O3S.C20H20ClN3O2S.C18H18ClN3OS/c1-2-28-21(27)15-29-18-6-3-16(4-7-18)14-25-9-11-26(12-10-25)22-24-19-8-5-17(23)13-20(19)30-22;1-14(25)26-17-5-2-15(3-6-17)13-23-8-10-24(11-9-23)20-22-18-7-4-16(21)12-19(18)27-20;19-14-3-6-16-17(11-14)24-18(20-16)22-9-7-21(8-10-22)12-13-1-4-15(23)5-2-13/h3-8,13H,2,9-12,14-15H2,1H3;2-7,12H,8-11,13H2,1H3;1-6,11,23H,7-10,12H2. The molecule has 422 valence electrons. The molecule has 0 aliphatic carbocycles. The van der Waals surface area contributed by atoms with E-state index in [1.165, 1.54) is 23.6 Å². The minimum atomic E-state index is -0.351. The minimum Gasteiger partial charge on any atom is -0.508 e. The quantitative estimate of drug-likeness (QED) is 0.0815. The number of halogens is 3. The summed E-state index contributed by atoms with van der Waals surface area (Å²) in [7, 11) is 0. The maximum Gasteiger partial charge on any atom is 0.344 e. The number of piperazine rings is 3. The van der Waals surface area contributed by atoms with Crippen LogP contribution in [-0.4, -0.2) is 138 Å². The molecular formula is C60H62Cl3N9O6S3. The van der Waals surface area contributed by atoms with Gasteiger partial charge < -0.3 is 34.0 Å². The SMILES string of the molecule is CC(=O)Oc1ccc(CN2CCN(c3nc4ccc(Cl)cc4s3)CC2)cc1.CCOC(=O)COc1ccc(CN2CCN(c3nc4ccc(Cl)cc4s3)CC2)cc1.Oc1ccc(CN2CCN(c3nc4ccc(Cl)cc4s3)CC2)cc1. The van der Waals surface area contributed by atoms with Gasteiger partial charge in [0.1, 0.15) is 17.2 Å². The fraction of sp³-hybridized carbons (Fsp3) is 0.317. The number of fused-ring (bicyclic) bond motifs is 3. The highest BCUT2D eigenvalue weighted by Gasteiger charge is 2.23. The van der Waals surface area contributed by atoms with Crippen LogP contribution in [0, 0.1) is 0 Å². The summed E-state index contributed by atoms with van der Waals surface area (Å²) in [6, 6.07) is 40.6. The molecule has 3 aliphatic heterocycles. The number of rotatable bonds is 14. The molecule has 0 amide bonds. The number of benzene rings is 6. The minimum absolute atomic E-state index is 0.0624. The highest BCUT2D eigenvalue weighted by atomic mass is 35.5. The maximum atomic E-state index is 11.4. The first-order valence-electron chi connectivity index (χ1n) is 26.9. The number of aromatic hydroxyl groups is 1. The lowest BCUT2D eigenvalue weighted by Gasteiger charge is -2.34. The van der Waals surface area contributed by atoms with E-state index in [1.54, 1.807) is 53.1 Å². The van der Waals surface area contributed by atoms with Gasteiger partial charge in [0, 0.05) is 120 Å². The zero-order valence-corrected chi connectivity index (χ0v) is 49.7. The Morgan fingerprint density at radius 1 is 0.494 bits per heavy atom. The van der Waals surface area contributed by atoms with Crippen LogP contribution in [0.3, 0.4) is 0 Å². The molecule has 21 heteroatoms. The molecule has 1 N–H and O–H groups in total. The van der Waals surface area contributed by atoms with Crippen molar-refractivity contribution in [2.75, 3.05) is 106 Å². The summed E-state index contributed by atoms with van der Waals surface area (Å²) in [5, 5.41) is 14.8. The number of phenolic OH excluding ortho intramolecular Hbond substituents is 1. The fourth-order valence-corrected chi connectivity index (χ4v) is 13.5. The Kier molecular flexibility index (Phi) is 19.8. The number of ether oxygens (including phenoxy) is 3. The van der Waals surface area contributed by atoms with Crippen molar-refractivity contribution in [3.63, 3.8) is 0 Å². The topological polar surface area (TPSA) is 140 Å². The van der Waals surface area contributed by atoms with Crippen LogP contribution in [0.2, 0.25) is 15.1 Å². The van der Waals surface area contributed by atoms with Gasteiger partial charge in [-0.2, -0.15) is 0 Å². The number of thiazole rings is 3. The molecule has 3 saturated heterocycles. The van der Waals surface area contributed by atoms with Crippen molar-refractivity contribution < 1.29 is 28.9 Å². The molecule has 0 saturated carbocycles. The highest BCUT2D eigenvalue weighted by Crippen LogP contribution is 2.34. The van der Waals surface area contributed by atoms with Crippen molar-refractivity contribution in [2.45, 2.75) is 33.5 Å². The number of esters is 2. The summed E-state index contributed by atoms with van der Waals surface area (Å²) in [4.78, 5) is 51.0. The van der Waals surface area contributed by atoms with E-state index in [-0.39, 0.29) is 18.5 Å². The lowest BCUT2D eigenvalue weighted by atomic mass is 10.2. The molecule has 0 unspecified atom stereocenters. The zero-order valence-electron chi connectivity index (χ0n) is 45.0. The van der Waals surface area contributed by atoms with E-state index in [9.17, 15) is 14.7 Å². The summed E-state index contributed by atoms with van der Waals surface area (Å²) in [5.74, 6) is 0.936. The molecule has 6 aromatic carbocycles. The van der Waals surface area contributed by atoms with Crippen molar-refractivity contribution >= 4 is 127 Å². The average Bonchev–Trinajstić information content (AvgIpc) is 4.22. The molecule has 6 heterocycles. The summed E-state index contributed by atoms with van der Waals surface area (Å²) in [6.45, 7) is 17.9.